The van der Waals surface area contributed by atoms with Crippen LogP contribution in [0.25, 0.3) is 0 Å². The molecule has 2 heterocycles. The number of nitrogens with one attached hydrogen (secondary N) is 2. The lowest BCUT2D eigenvalue weighted by Gasteiger charge is -2.32. The molecule has 1 aliphatic heterocycles. The van der Waals surface area contributed by atoms with Crippen molar-refractivity contribution in [2.75, 3.05) is 19.3 Å². The average molecular weight is 312 g/mol. The molecule has 7 nitrogen and oxygen atoms in total. The van der Waals surface area contributed by atoms with Crippen LogP contribution in [0.15, 0.2) is 24.5 Å². The molecule has 1 fully saturated rings. The fraction of sp³-hybridized carbons (Fsp3) is 0.538. The van der Waals surface area contributed by atoms with E-state index in [-0.39, 0.29) is 12.1 Å². The highest BCUT2D eigenvalue weighted by molar-refractivity contribution is 7.88. The van der Waals surface area contributed by atoms with Crippen LogP contribution in [-0.2, 0) is 16.6 Å². The number of hydrogen-bond donors (Lipinski definition) is 2. The molecule has 0 radical (unpaired) electrons. The van der Waals surface area contributed by atoms with Gasteiger partial charge in [-0.1, -0.05) is 6.07 Å². The summed E-state index contributed by atoms with van der Waals surface area (Å²) in [5.41, 5.74) is 0.925. The third-order valence-electron chi connectivity index (χ3n) is 3.26. The van der Waals surface area contributed by atoms with Gasteiger partial charge in [-0.2, -0.15) is 0 Å². The van der Waals surface area contributed by atoms with Gasteiger partial charge in [-0.25, -0.2) is 17.9 Å². The minimum absolute atomic E-state index is 0.182. The highest BCUT2D eigenvalue weighted by Crippen LogP contribution is 2.11. The zero-order valence-corrected chi connectivity index (χ0v) is 12.8. The third-order valence-corrected chi connectivity index (χ3v) is 4.02. The lowest BCUT2D eigenvalue weighted by Crippen LogP contribution is -2.51. The minimum Gasteiger partial charge on any atom is -0.334 e. The second kappa shape index (κ2) is 6.86. The summed E-state index contributed by atoms with van der Waals surface area (Å²) < 4.78 is 25.1. The van der Waals surface area contributed by atoms with Crippen LogP contribution < -0.4 is 10.0 Å². The maximum Gasteiger partial charge on any atom is 0.317 e. The summed E-state index contributed by atoms with van der Waals surface area (Å²) in [5, 5.41) is 2.82. The standard InChI is InChI=1S/C13H20N4O3S/c1-21(19,20)16-12-5-3-7-17(10-12)13(18)15-9-11-4-2-6-14-8-11/h2,4,6,8,12,16H,3,5,7,9-10H2,1H3,(H,15,18). The maximum absolute atomic E-state index is 12.1. The second-order valence-electron chi connectivity index (χ2n) is 5.20. The van der Waals surface area contributed by atoms with Gasteiger partial charge in [0.05, 0.1) is 6.26 Å². The van der Waals surface area contributed by atoms with Crippen LogP contribution >= 0.6 is 0 Å². The Morgan fingerprint density at radius 2 is 2.33 bits per heavy atom. The molecule has 1 saturated heterocycles. The van der Waals surface area contributed by atoms with Gasteiger partial charge in [-0.3, -0.25) is 4.98 Å². The van der Waals surface area contributed by atoms with Crippen molar-refractivity contribution < 1.29 is 13.2 Å². The average Bonchev–Trinajstić information content (AvgIpc) is 2.44. The normalized spacial score (nSPS) is 19.3. The predicted molar refractivity (Wildman–Crippen MR) is 79.0 cm³/mol. The first-order valence-electron chi connectivity index (χ1n) is 6.83. The van der Waals surface area contributed by atoms with E-state index in [0.717, 1.165) is 24.7 Å². The quantitative estimate of drug-likeness (QED) is 0.837. The van der Waals surface area contributed by atoms with Gasteiger partial charge in [-0.05, 0) is 24.5 Å². The van der Waals surface area contributed by atoms with Crippen LogP contribution in [-0.4, -0.2) is 49.7 Å². The van der Waals surface area contributed by atoms with Crippen LogP contribution in [0.2, 0.25) is 0 Å². The number of carbonyl (C=O) groups is 1. The Morgan fingerprint density at radius 3 is 3.00 bits per heavy atom. The monoisotopic (exact) mass is 312 g/mol. The minimum atomic E-state index is -3.24. The van der Waals surface area contributed by atoms with E-state index in [9.17, 15) is 13.2 Å². The van der Waals surface area contributed by atoms with Crippen LogP contribution in [0.3, 0.4) is 0 Å². The topological polar surface area (TPSA) is 91.4 Å². The molecule has 1 aromatic rings. The maximum atomic E-state index is 12.1. The van der Waals surface area contributed by atoms with Crippen molar-refractivity contribution in [3.05, 3.63) is 30.1 Å². The molecule has 2 N–H and O–H groups in total. The van der Waals surface area contributed by atoms with Crippen LogP contribution in [0.4, 0.5) is 4.79 Å². The largest absolute Gasteiger partial charge is 0.334 e. The Labute approximate surface area is 124 Å². The van der Waals surface area contributed by atoms with Crippen molar-refractivity contribution >= 4 is 16.1 Å². The number of nitrogens with zero attached hydrogens (tertiary/aromatic N) is 2. The number of rotatable bonds is 4. The Bertz CT molecular complexity index is 576. The highest BCUT2D eigenvalue weighted by Gasteiger charge is 2.25. The van der Waals surface area contributed by atoms with Gasteiger partial charge in [0, 0.05) is 38.1 Å². The lowest BCUT2D eigenvalue weighted by atomic mass is 10.1. The van der Waals surface area contributed by atoms with Gasteiger partial charge >= 0.3 is 6.03 Å². The zero-order valence-electron chi connectivity index (χ0n) is 11.9. The number of sulfonamides is 1. The molecule has 0 saturated carbocycles. The van der Waals surface area contributed by atoms with E-state index >= 15 is 0 Å². The van der Waals surface area contributed by atoms with E-state index in [2.05, 4.69) is 15.0 Å². The summed E-state index contributed by atoms with van der Waals surface area (Å²) >= 11 is 0. The van der Waals surface area contributed by atoms with Crippen molar-refractivity contribution in [2.45, 2.75) is 25.4 Å². The first kappa shape index (κ1) is 15.7. The van der Waals surface area contributed by atoms with Crippen LogP contribution in [0.1, 0.15) is 18.4 Å². The third kappa shape index (κ3) is 5.31. The van der Waals surface area contributed by atoms with Crippen molar-refractivity contribution in [3.8, 4) is 0 Å². The van der Waals surface area contributed by atoms with Crippen molar-refractivity contribution in [2.24, 2.45) is 0 Å². The molecule has 2 amide bonds. The van der Waals surface area contributed by atoms with E-state index < -0.39 is 10.0 Å². The molecule has 21 heavy (non-hydrogen) atoms. The van der Waals surface area contributed by atoms with Gasteiger partial charge in [0.25, 0.3) is 0 Å². The number of carbonyl (C=O) groups excluding carboxylic acids is 1. The van der Waals surface area contributed by atoms with Gasteiger partial charge < -0.3 is 10.2 Å². The van der Waals surface area contributed by atoms with Crippen LogP contribution in [0.5, 0.6) is 0 Å². The van der Waals surface area contributed by atoms with E-state index in [1.807, 2.05) is 12.1 Å². The van der Waals surface area contributed by atoms with E-state index in [1.54, 1.807) is 17.3 Å². The van der Waals surface area contributed by atoms with E-state index in [4.69, 9.17) is 0 Å². The van der Waals surface area contributed by atoms with Crippen molar-refractivity contribution in [1.29, 1.82) is 0 Å². The lowest BCUT2D eigenvalue weighted by molar-refractivity contribution is 0.177. The van der Waals surface area contributed by atoms with Gasteiger partial charge in [0.2, 0.25) is 10.0 Å². The number of urea groups is 1. The summed E-state index contributed by atoms with van der Waals surface area (Å²) in [5.74, 6) is 0. The molecule has 116 valence electrons. The number of amides is 2. The second-order valence-corrected chi connectivity index (χ2v) is 6.98. The molecule has 8 heteroatoms. The Hall–Kier alpha value is -1.67. The predicted octanol–water partition coefficient (Wildman–Crippen LogP) is 0.305. The molecule has 2 rings (SSSR count). The number of pyridine rings is 1. The van der Waals surface area contributed by atoms with Crippen molar-refractivity contribution in [3.63, 3.8) is 0 Å². The summed E-state index contributed by atoms with van der Waals surface area (Å²) in [6.45, 7) is 1.44. The molecular formula is C13H20N4O3S. The fourth-order valence-electron chi connectivity index (χ4n) is 2.35. The number of piperidine rings is 1. The summed E-state index contributed by atoms with van der Waals surface area (Å²) in [7, 11) is -3.24. The number of aromatic nitrogens is 1. The number of likely N-dealkylation sites (tertiary alicyclic amines) is 1. The Kier molecular flexibility index (Phi) is 5.13. The molecule has 1 unspecified atom stereocenters. The van der Waals surface area contributed by atoms with Gasteiger partial charge in [0.15, 0.2) is 0 Å². The fourth-order valence-corrected chi connectivity index (χ4v) is 3.15. The van der Waals surface area contributed by atoms with Gasteiger partial charge in [0.1, 0.15) is 0 Å². The smallest absolute Gasteiger partial charge is 0.317 e. The molecule has 1 aromatic heterocycles. The SMILES string of the molecule is CS(=O)(=O)NC1CCCN(C(=O)NCc2cccnc2)C1. The summed E-state index contributed by atoms with van der Waals surface area (Å²) in [6.07, 6.45) is 6.04. The molecule has 0 spiro atoms. The highest BCUT2D eigenvalue weighted by atomic mass is 32.2. The molecule has 0 bridgehead atoms. The first-order chi connectivity index (χ1) is 9.94. The Morgan fingerprint density at radius 1 is 1.52 bits per heavy atom. The summed E-state index contributed by atoms with van der Waals surface area (Å²) in [4.78, 5) is 17.7. The Balaban J connectivity index is 1.84. The van der Waals surface area contributed by atoms with Crippen LogP contribution in [0, 0.1) is 0 Å². The van der Waals surface area contributed by atoms with Crippen molar-refractivity contribution in [1.82, 2.24) is 19.9 Å². The van der Waals surface area contributed by atoms with E-state index in [1.165, 1.54) is 0 Å². The summed E-state index contributed by atoms with van der Waals surface area (Å²) in [6, 6.07) is 3.31. The first-order valence-corrected chi connectivity index (χ1v) is 8.72. The molecule has 1 aliphatic rings. The van der Waals surface area contributed by atoms with Gasteiger partial charge in [-0.15, -0.1) is 0 Å². The molecule has 0 aromatic carbocycles. The zero-order chi connectivity index (χ0) is 15.3. The molecular weight excluding hydrogens is 292 g/mol. The van der Waals surface area contributed by atoms with E-state index in [0.29, 0.717) is 19.6 Å². The molecule has 1 atom stereocenters. The number of hydrogen-bond acceptors (Lipinski definition) is 4. The molecule has 0 aliphatic carbocycles.